The molecule has 0 atom stereocenters. The Balaban J connectivity index is 1.77. The zero-order valence-electron chi connectivity index (χ0n) is 15.3. The second-order valence-corrected chi connectivity index (χ2v) is 7.49. The molecule has 0 radical (unpaired) electrons. The van der Waals surface area contributed by atoms with E-state index in [-0.39, 0.29) is 23.6 Å². The molecule has 3 N–H and O–H groups in total. The van der Waals surface area contributed by atoms with Gasteiger partial charge in [-0.1, -0.05) is 0 Å². The molecule has 142 valence electrons. The normalized spacial score (nSPS) is 13.0. The highest BCUT2D eigenvalue weighted by atomic mass is 32.1. The van der Waals surface area contributed by atoms with Crippen LogP contribution in [-0.4, -0.2) is 24.8 Å². The predicted molar refractivity (Wildman–Crippen MR) is 106 cm³/mol. The van der Waals surface area contributed by atoms with Crippen LogP contribution < -0.4 is 20.7 Å². The molecule has 1 heterocycles. The van der Waals surface area contributed by atoms with Crippen molar-refractivity contribution in [2.45, 2.75) is 26.7 Å². The Morgan fingerprint density at radius 2 is 1.85 bits per heavy atom. The van der Waals surface area contributed by atoms with Gasteiger partial charge in [0.25, 0.3) is 5.91 Å². The molecule has 0 aliphatic heterocycles. The summed E-state index contributed by atoms with van der Waals surface area (Å²) in [4.78, 5) is 36.4. The van der Waals surface area contributed by atoms with Crippen molar-refractivity contribution < 1.29 is 19.1 Å². The van der Waals surface area contributed by atoms with Crippen molar-refractivity contribution in [3.05, 3.63) is 34.7 Å². The van der Waals surface area contributed by atoms with Crippen molar-refractivity contribution in [2.24, 2.45) is 5.92 Å². The SMILES string of the molecule is COc1ccc(NC(C)=O)cc1NC(=O)c1sc(NC(=O)C2CC2)cc1C. The molecule has 0 saturated heterocycles. The van der Waals surface area contributed by atoms with Crippen LogP contribution in [0.2, 0.25) is 0 Å². The van der Waals surface area contributed by atoms with E-state index in [1.807, 2.05) is 6.92 Å². The lowest BCUT2D eigenvalue weighted by atomic mass is 10.2. The summed E-state index contributed by atoms with van der Waals surface area (Å²) < 4.78 is 5.28. The Kier molecular flexibility index (Phi) is 5.46. The van der Waals surface area contributed by atoms with Crippen molar-refractivity contribution >= 4 is 45.4 Å². The first kappa shape index (κ1) is 18.9. The number of thiophene rings is 1. The Labute approximate surface area is 161 Å². The lowest BCUT2D eigenvalue weighted by Crippen LogP contribution is -2.13. The van der Waals surface area contributed by atoms with Crippen LogP contribution in [0.4, 0.5) is 16.4 Å². The number of rotatable bonds is 6. The molecule has 3 amide bonds. The standard InChI is InChI=1S/C19H21N3O4S/c1-10-8-16(22-18(24)12-4-5-12)27-17(10)19(25)21-14-9-13(20-11(2)23)6-7-15(14)26-3/h6-9,12H,4-5H2,1-3H3,(H,20,23)(H,21,25)(H,22,24). The zero-order chi connectivity index (χ0) is 19.6. The maximum atomic E-state index is 12.7. The van der Waals surface area contributed by atoms with Crippen molar-refractivity contribution in [1.82, 2.24) is 0 Å². The summed E-state index contributed by atoms with van der Waals surface area (Å²) >= 11 is 1.23. The second kappa shape index (κ2) is 7.79. The first-order valence-electron chi connectivity index (χ1n) is 8.55. The van der Waals surface area contributed by atoms with Gasteiger partial charge in [0.1, 0.15) is 5.75 Å². The minimum absolute atomic E-state index is 0.00730. The molecule has 3 rings (SSSR count). The van der Waals surface area contributed by atoms with Gasteiger partial charge in [-0.2, -0.15) is 0 Å². The van der Waals surface area contributed by atoms with E-state index in [4.69, 9.17) is 4.74 Å². The molecule has 1 fully saturated rings. The molecule has 8 heteroatoms. The lowest BCUT2D eigenvalue weighted by molar-refractivity contribution is -0.117. The molecule has 1 aliphatic carbocycles. The van der Waals surface area contributed by atoms with Crippen LogP contribution >= 0.6 is 11.3 Å². The summed E-state index contributed by atoms with van der Waals surface area (Å²) in [5, 5.41) is 9.01. The monoisotopic (exact) mass is 387 g/mol. The van der Waals surface area contributed by atoms with Gasteiger partial charge in [0.15, 0.2) is 0 Å². The first-order chi connectivity index (χ1) is 12.9. The number of anilines is 3. The van der Waals surface area contributed by atoms with Crippen LogP contribution in [0.15, 0.2) is 24.3 Å². The molecule has 2 aromatic rings. The number of amides is 3. The number of ether oxygens (including phenoxy) is 1. The number of carbonyl (C=O) groups excluding carboxylic acids is 3. The van der Waals surface area contributed by atoms with E-state index in [0.717, 1.165) is 18.4 Å². The summed E-state index contributed by atoms with van der Waals surface area (Å²) in [6, 6.07) is 6.79. The molecular formula is C19H21N3O4S. The highest BCUT2D eigenvalue weighted by Crippen LogP contribution is 2.34. The summed E-state index contributed by atoms with van der Waals surface area (Å²) in [6.07, 6.45) is 1.85. The average Bonchev–Trinajstić information content (AvgIpc) is 3.38. The van der Waals surface area contributed by atoms with Gasteiger partial charge in [-0.15, -0.1) is 11.3 Å². The molecular weight excluding hydrogens is 366 g/mol. The number of methoxy groups -OCH3 is 1. The fraction of sp³-hybridized carbons (Fsp3) is 0.316. The van der Waals surface area contributed by atoms with Crippen LogP contribution in [0.5, 0.6) is 5.75 Å². The van der Waals surface area contributed by atoms with Crippen molar-refractivity contribution in [2.75, 3.05) is 23.1 Å². The largest absolute Gasteiger partial charge is 0.495 e. The van der Waals surface area contributed by atoms with E-state index < -0.39 is 0 Å². The van der Waals surface area contributed by atoms with Gasteiger partial charge in [-0.25, -0.2) is 0 Å². The van der Waals surface area contributed by atoms with Gasteiger partial charge in [0.2, 0.25) is 11.8 Å². The second-order valence-electron chi connectivity index (χ2n) is 6.44. The van der Waals surface area contributed by atoms with E-state index in [1.165, 1.54) is 25.4 Å². The average molecular weight is 387 g/mol. The maximum Gasteiger partial charge on any atom is 0.266 e. The van der Waals surface area contributed by atoms with Crippen LogP contribution in [0.25, 0.3) is 0 Å². The number of benzene rings is 1. The number of hydrogen-bond acceptors (Lipinski definition) is 5. The Bertz CT molecular complexity index is 902. The van der Waals surface area contributed by atoms with Crippen LogP contribution in [0.3, 0.4) is 0 Å². The van der Waals surface area contributed by atoms with Crippen molar-refractivity contribution in [1.29, 1.82) is 0 Å². The zero-order valence-corrected chi connectivity index (χ0v) is 16.2. The Morgan fingerprint density at radius 1 is 1.11 bits per heavy atom. The Hall–Kier alpha value is -2.87. The molecule has 1 aromatic heterocycles. The highest BCUT2D eigenvalue weighted by molar-refractivity contribution is 7.18. The quantitative estimate of drug-likeness (QED) is 0.705. The lowest BCUT2D eigenvalue weighted by Gasteiger charge is -2.12. The summed E-state index contributed by atoms with van der Waals surface area (Å²) in [6.45, 7) is 3.23. The highest BCUT2D eigenvalue weighted by Gasteiger charge is 2.30. The van der Waals surface area contributed by atoms with Crippen LogP contribution in [-0.2, 0) is 9.59 Å². The third-order valence-corrected chi connectivity index (χ3v) is 5.24. The number of aryl methyl sites for hydroxylation is 1. The van der Waals surface area contributed by atoms with E-state index in [2.05, 4.69) is 16.0 Å². The van der Waals surface area contributed by atoms with E-state index in [0.29, 0.717) is 27.0 Å². The minimum atomic E-state index is -0.303. The van der Waals surface area contributed by atoms with Gasteiger partial charge in [0, 0.05) is 18.5 Å². The summed E-state index contributed by atoms with van der Waals surface area (Å²) in [7, 11) is 1.50. The fourth-order valence-electron chi connectivity index (χ4n) is 2.60. The van der Waals surface area contributed by atoms with Gasteiger partial charge in [0.05, 0.1) is 22.7 Å². The molecule has 0 unspecified atom stereocenters. The van der Waals surface area contributed by atoms with E-state index in [1.54, 1.807) is 24.3 Å². The van der Waals surface area contributed by atoms with Crippen molar-refractivity contribution in [3.8, 4) is 5.75 Å². The van der Waals surface area contributed by atoms with Gasteiger partial charge < -0.3 is 20.7 Å². The number of carbonyl (C=O) groups is 3. The van der Waals surface area contributed by atoms with Crippen LogP contribution in [0, 0.1) is 12.8 Å². The van der Waals surface area contributed by atoms with Crippen molar-refractivity contribution in [3.63, 3.8) is 0 Å². The smallest absolute Gasteiger partial charge is 0.266 e. The third kappa shape index (κ3) is 4.65. The molecule has 1 aliphatic rings. The number of nitrogens with one attached hydrogen (secondary N) is 3. The molecule has 1 aromatic carbocycles. The topological polar surface area (TPSA) is 96.5 Å². The molecule has 0 spiro atoms. The van der Waals surface area contributed by atoms with Crippen LogP contribution in [0.1, 0.15) is 35.0 Å². The predicted octanol–water partition coefficient (Wildman–Crippen LogP) is 3.62. The molecule has 7 nitrogen and oxygen atoms in total. The van der Waals surface area contributed by atoms with E-state index >= 15 is 0 Å². The Morgan fingerprint density at radius 3 is 2.48 bits per heavy atom. The fourth-order valence-corrected chi connectivity index (χ4v) is 3.57. The minimum Gasteiger partial charge on any atom is -0.495 e. The molecule has 27 heavy (non-hydrogen) atoms. The summed E-state index contributed by atoms with van der Waals surface area (Å²) in [5.41, 5.74) is 1.78. The van der Waals surface area contributed by atoms with Gasteiger partial charge in [-0.05, 0) is 49.6 Å². The molecule has 0 bridgehead atoms. The first-order valence-corrected chi connectivity index (χ1v) is 9.37. The van der Waals surface area contributed by atoms with Gasteiger partial charge in [-0.3, -0.25) is 14.4 Å². The van der Waals surface area contributed by atoms with E-state index in [9.17, 15) is 14.4 Å². The number of hydrogen-bond donors (Lipinski definition) is 3. The third-order valence-electron chi connectivity index (χ3n) is 4.09. The maximum absolute atomic E-state index is 12.7. The molecule has 1 saturated carbocycles. The van der Waals surface area contributed by atoms with Gasteiger partial charge >= 0.3 is 0 Å². The summed E-state index contributed by atoms with van der Waals surface area (Å²) in [5.74, 6) is 0.0811.